The van der Waals surface area contributed by atoms with Gasteiger partial charge in [-0.3, -0.25) is 4.79 Å². The zero-order valence-electron chi connectivity index (χ0n) is 18.6. The Balaban J connectivity index is 1.57. The summed E-state index contributed by atoms with van der Waals surface area (Å²) in [7, 11) is 1.92. The number of nitrogens with two attached hydrogens (primary N) is 1. The van der Waals surface area contributed by atoms with Gasteiger partial charge in [0, 0.05) is 51.2 Å². The number of rotatable bonds is 7. The third-order valence-electron chi connectivity index (χ3n) is 5.28. The Kier molecular flexibility index (Phi) is 6.38. The van der Waals surface area contributed by atoms with Crippen molar-refractivity contribution in [1.29, 1.82) is 0 Å². The molecule has 33 heavy (non-hydrogen) atoms. The number of benzene rings is 1. The van der Waals surface area contributed by atoms with Crippen LogP contribution in [-0.4, -0.2) is 65.0 Å². The fraction of sp³-hybridized carbons (Fsp3) is 0.318. The molecule has 2 aromatic heterocycles. The van der Waals surface area contributed by atoms with Gasteiger partial charge in [0.1, 0.15) is 11.4 Å². The first-order chi connectivity index (χ1) is 16.0. The summed E-state index contributed by atoms with van der Waals surface area (Å²) in [5.74, 6) is 0.959. The van der Waals surface area contributed by atoms with E-state index in [1.54, 1.807) is 22.0 Å². The molecule has 172 valence electrons. The maximum Gasteiger partial charge on any atom is 0.404 e. The molecule has 11 nitrogen and oxygen atoms in total. The van der Waals surface area contributed by atoms with Crippen LogP contribution in [-0.2, 0) is 11.2 Å². The zero-order valence-corrected chi connectivity index (χ0v) is 18.6. The van der Waals surface area contributed by atoms with Gasteiger partial charge >= 0.3 is 6.09 Å². The van der Waals surface area contributed by atoms with Gasteiger partial charge in [-0.2, -0.15) is 10.1 Å². The van der Waals surface area contributed by atoms with Gasteiger partial charge in [0.2, 0.25) is 5.95 Å². The predicted molar refractivity (Wildman–Crippen MR) is 124 cm³/mol. The standard InChI is InChI=1S/C22H26N8O3/c1-3-24-22-25-13-18-19(27-22)28(2)8-9-29(20(18)31)16-5-4-6-17(11-16)30-14-15(12-26-30)7-10-33-21(23)32/h4-6,11-14H,3,7-10H2,1-2H3,(H2,23,32)(H,24,25,27). The molecule has 0 saturated carbocycles. The van der Waals surface area contributed by atoms with Crippen molar-refractivity contribution in [3.8, 4) is 5.69 Å². The number of carbonyl (C=O) groups excluding carboxylic acids is 2. The minimum absolute atomic E-state index is 0.153. The molecule has 4 rings (SSSR count). The topological polar surface area (TPSA) is 132 Å². The minimum atomic E-state index is -0.798. The fourth-order valence-electron chi connectivity index (χ4n) is 3.61. The van der Waals surface area contributed by atoms with E-state index >= 15 is 0 Å². The number of nitrogens with one attached hydrogen (secondary N) is 1. The summed E-state index contributed by atoms with van der Waals surface area (Å²) in [4.78, 5) is 36.6. The summed E-state index contributed by atoms with van der Waals surface area (Å²) in [5.41, 5.74) is 7.91. The molecule has 0 saturated heterocycles. The van der Waals surface area contributed by atoms with Gasteiger partial charge in [0.15, 0.2) is 0 Å². The number of amides is 2. The lowest BCUT2D eigenvalue weighted by atomic mass is 10.2. The summed E-state index contributed by atoms with van der Waals surface area (Å²) in [6.45, 7) is 3.98. The van der Waals surface area contributed by atoms with Gasteiger partial charge in [-0.15, -0.1) is 0 Å². The lowest BCUT2D eigenvalue weighted by Gasteiger charge is -2.21. The number of primary amides is 1. The van der Waals surface area contributed by atoms with Crippen LogP contribution in [0.4, 0.5) is 22.2 Å². The molecule has 2 amide bonds. The average molecular weight is 451 g/mol. The van der Waals surface area contributed by atoms with Crippen LogP contribution in [0.5, 0.6) is 0 Å². The largest absolute Gasteiger partial charge is 0.449 e. The number of likely N-dealkylation sites (N-methyl/N-ethyl adjacent to an activating group) is 1. The van der Waals surface area contributed by atoms with Crippen LogP contribution in [0.1, 0.15) is 22.8 Å². The van der Waals surface area contributed by atoms with Crippen LogP contribution in [0.2, 0.25) is 0 Å². The van der Waals surface area contributed by atoms with Gasteiger partial charge in [0.25, 0.3) is 5.91 Å². The summed E-state index contributed by atoms with van der Waals surface area (Å²) < 4.78 is 6.50. The van der Waals surface area contributed by atoms with Crippen LogP contribution < -0.4 is 20.9 Å². The Labute approximate surface area is 191 Å². The normalized spacial score (nSPS) is 13.5. The van der Waals surface area contributed by atoms with Crippen molar-refractivity contribution in [2.24, 2.45) is 5.73 Å². The van der Waals surface area contributed by atoms with Crippen molar-refractivity contribution < 1.29 is 14.3 Å². The van der Waals surface area contributed by atoms with Gasteiger partial charge in [-0.05, 0) is 30.7 Å². The molecule has 0 spiro atoms. The SMILES string of the molecule is CCNc1ncc2c(n1)N(C)CCN(c1cccc(-n3cc(CCOC(N)=O)cn3)c1)C2=O. The van der Waals surface area contributed by atoms with Crippen molar-refractivity contribution in [2.75, 3.05) is 48.4 Å². The molecule has 0 unspecified atom stereocenters. The quantitative estimate of drug-likeness (QED) is 0.557. The van der Waals surface area contributed by atoms with Crippen LogP contribution in [0, 0.1) is 0 Å². The number of hydrogen-bond donors (Lipinski definition) is 2. The Hall–Kier alpha value is -4.15. The lowest BCUT2D eigenvalue weighted by molar-refractivity contribution is 0.0989. The van der Waals surface area contributed by atoms with Crippen molar-refractivity contribution >= 4 is 29.5 Å². The Morgan fingerprint density at radius 1 is 1.24 bits per heavy atom. The molecular weight excluding hydrogens is 424 g/mol. The van der Waals surface area contributed by atoms with Gasteiger partial charge in [-0.1, -0.05) is 6.07 Å². The zero-order chi connectivity index (χ0) is 23.4. The highest BCUT2D eigenvalue weighted by Gasteiger charge is 2.28. The predicted octanol–water partition coefficient (Wildman–Crippen LogP) is 1.83. The van der Waals surface area contributed by atoms with Gasteiger partial charge < -0.3 is 25.6 Å². The Morgan fingerprint density at radius 2 is 2.06 bits per heavy atom. The van der Waals surface area contributed by atoms with Crippen LogP contribution in [0.15, 0.2) is 42.9 Å². The third-order valence-corrected chi connectivity index (χ3v) is 5.28. The molecule has 1 aromatic carbocycles. The molecule has 3 aromatic rings. The third kappa shape index (κ3) is 4.86. The molecule has 0 aliphatic carbocycles. The van der Waals surface area contributed by atoms with Crippen molar-refractivity contribution in [2.45, 2.75) is 13.3 Å². The summed E-state index contributed by atoms with van der Waals surface area (Å²) in [6, 6.07) is 7.60. The van der Waals surface area contributed by atoms with Gasteiger partial charge in [0.05, 0.1) is 18.5 Å². The first-order valence-corrected chi connectivity index (χ1v) is 10.7. The number of hydrogen-bond acceptors (Lipinski definition) is 8. The maximum atomic E-state index is 13.4. The highest BCUT2D eigenvalue weighted by molar-refractivity contribution is 6.09. The van der Waals surface area contributed by atoms with E-state index in [-0.39, 0.29) is 12.5 Å². The maximum absolute atomic E-state index is 13.4. The van der Waals surface area contributed by atoms with Crippen molar-refractivity contribution in [3.05, 3.63) is 54.0 Å². The van der Waals surface area contributed by atoms with E-state index in [9.17, 15) is 9.59 Å². The highest BCUT2D eigenvalue weighted by Crippen LogP contribution is 2.27. The van der Waals surface area contributed by atoms with Crippen molar-refractivity contribution in [1.82, 2.24) is 19.7 Å². The van der Waals surface area contributed by atoms with E-state index in [0.29, 0.717) is 43.4 Å². The number of fused-ring (bicyclic) bond motifs is 1. The monoisotopic (exact) mass is 450 g/mol. The summed E-state index contributed by atoms with van der Waals surface area (Å²) in [5, 5.41) is 7.48. The first kappa shape index (κ1) is 22.1. The van der Waals surface area contributed by atoms with E-state index in [0.717, 1.165) is 16.9 Å². The second-order valence-corrected chi connectivity index (χ2v) is 7.57. The van der Waals surface area contributed by atoms with Crippen LogP contribution in [0.25, 0.3) is 5.69 Å². The summed E-state index contributed by atoms with van der Waals surface area (Å²) in [6.07, 6.45) is 4.85. The number of ether oxygens (including phenoxy) is 1. The molecule has 0 fully saturated rings. The Bertz CT molecular complexity index is 1160. The second kappa shape index (κ2) is 9.55. The summed E-state index contributed by atoms with van der Waals surface area (Å²) >= 11 is 0. The van der Waals surface area contributed by atoms with E-state index in [2.05, 4.69) is 20.4 Å². The van der Waals surface area contributed by atoms with Crippen LogP contribution in [0.3, 0.4) is 0 Å². The molecule has 11 heteroatoms. The number of carbonyl (C=O) groups is 2. The van der Waals surface area contributed by atoms with E-state index in [1.165, 1.54) is 0 Å². The average Bonchev–Trinajstić information content (AvgIpc) is 3.23. The lowest BCUT2D eigenvalue weighted by Crippen LogP contribution is -2.33. The number of aromatic nitrogens is 4. The molecule has 0 bridgehead atoms. The van der Waals surface area contributed by atoms with E-state index in [1.807, 2.05) is 49.3 Å². The molecule has 3 heterocycles. The van der Waals surface area contributed by atoms with Gasteiger partial charge in [-0.25, -0.2) is 14.5 Å². The number of nitrogens with zero attached hydrogens (tertiary/aromatic N) is 6. The van der Waals surface area contributed by atoms with Crippen LogP contribution >= 0.6 is 0 Å². The smallest absolute Gasteiger partial charge is 0.404 e. The molecule has 1 aliphatic heterocycles. The first-order valence-electron chi connectivity index (χ1n) is 10.7. The molecule has 3 N–H and O–H groups in total. The highest BCUT2D eigenvalue weighted by atomic mass is 16.5. The van der Waals surface area contributed by atoms with Crippen molar-refractivity contribution in [3.63, 3.8) is 0 Å². The van der Waals surface area contributed by atoms with E-state index in [4.69, 9.17) is 10.5 Å². The minimum Gasteiger partial charge on any atom is -0.449 e. The number of anilines is 3. The van der Waals surface area contributed by atoms with E-state index < -0.39 is 6.09 Å². The molecule has 0 atom stereocenters. The second-order valence-electron chi connectivity index (χ2n) is 7.57. The molecular formula is C22H26N8O3. The Morgan fingerprint density at radius 3 is 2.85 bits per heavy atom. The fourth-order valence-corrected chi connectivity index (χ4v) is 3.61. The molecule has 0 radical (unpaired) electrons. The molecule has 1 aliphatic rings.